The molecule has 0 aliphatic carbocycles. The topological polar surface area (TPSA) is 64.1 Å². The van der Waals surface area contributed by atoms with Gasteiger partial charge in [-0.3, -0.25) is 4.79 Å². The number of unbranched alkanes of at least 4 members (excludes halogenated alkanes) is 1. The highest BCUT2D eigenvalue weighted by atomic mass is 35.5. The van der Waals surface area contributed by atoms with Crippen LogP contribution in [0.2, 0.25) is 5.15 Å². The number of rotatable bonds is 9. The largest absolute Gasteiger partial charge is 0.497 e. The molecule has 182 valence electrons. The van der Waals surface area contributed by atoms with Crippen LogP contribution in [-0.4, -0.2) is 67.7 Å². The molecule has 8 heteroatoms. The van der Waals surface area contributed by atoms with Crippen molar-refractivity contribution in [2.75, 3.05) is 47.0 Å². The van der Waals surface area contributed by atoms with Crippen LogP contribution in [0.3, 0.4) is 0 Å². The average Bonchev–Trinajstić information content (AvgIpc) is 2.99. The molecule has 0 bridgehead atoms. The van der Waals surface area contributed by atoms with Gasteiger partial charge in [0.2, 0.25) is 0 Å². The van der Waals surface area contributed by atoms with Crippen molar-refractivity contribution in [2.45, 2.75) is 31.6 Å². The summed E-state index contributed by atoms with van der Waals surface area (Å²) >= 11 is 6.06. The average molecular weight is 486 g/mol. The summed E-state index contributed by atoms with van der Waals surface area (Å²) in [5, 5.41) is 0.566. The van der Waals surface area contributed by atoms with Crippen LogP contribution in [0.5, 0.6) is 11.5 Å². The van der Waals surface area contributed by atoms with E-state index >= 15 is 0 Å². The van der Waals surface area contributed by atoms with Gasteiger partial charge >= 0.3 is 0 Å². The SMILES string of the molecule is COCC1=COc2ccc(OC)cc2C(=O)N1CCCCN1CCC(c2cccc(Cl)n2)CC1. The van der Waals surface area contributed by atoms with Gasteiger partial charge in [-0.15, -0.1) is 0 Å². The number of hydrogen-bond donors (Lipinski definition) is 0. The second kappa shape index (κ2) is 11.7. The van der Waals surface area contributed by atoms with E-state index in [-0.39, 0.29) is 5.91 Å². The molecule has 0 saturated carbocycles. The van der Waals surface area contributed by atoms with Gasteiger partial charge < -0.3 is 24.0 Å². The number of aromatic nitrogens is 1. The number of methoxy groups -OCH3 is 2. The van der Waals surface area contributed by atoms with Gasteiger partial charge in [0.25, 0.3) is 5.91 Å². The van der Waals surface area contributed by atoms with Crippen molar-refractivity contribution in [1.82, 2.24) is 14.8 Å². The molecule has 0 radical (unpaired) electrons. The number of pyridine rings is 1. The fraction of sp³-hybridized carbons (Fsp3) is 0.462. The summed E-state index contributed by atoms with van der Waals surface area (Å²) in [4.78, 5) is 22.1. The lowest BCUT2D eigenvalue weighted by Gasteiger charge is -2.32. The number of halogens is 1. The van der Waals surface area contributed by atoms with Crippen LogP contribution in [0.4, 0.5) is 0 Å². The maximum Gasteiger partial charge on any atom is 0.262 e. The fourth-order valence-electron chi connectivity index (χ4n) is 4.59. The predicted molar refractivity (Wildman–Crippen MR) is 132 cm³/mol. The van der Waals surface area contributed by atoms with Gasteiger partial charge in [-0.25, -0.2) is 4.98 Å². The van der Waals surface area contributed by atoms with E-state index in [9.17, 15) is 4.79 Å². The second-order valence-electron chi connectivity index (χ2n) is 8.69. The normalized spacial score (nSPS) is 17.1. The summed E-state index contributed by atoms with van der Waals surface area (Å²) in [5.41, 5.74) is 2.32. The van der Waals surface area contributed by atoms with Crippen LogP contribution in [0.15, 0.2) is 48.4 Å². The minimum absolute atomic E-state index is 0.0930. The Morgan fingerprint density at radius 3 is 2.65 bits per heavy atom. The van der Waals surface area contributed by atoms with Gasteiger partial charge in [0.05, 0.1) is 25.0 Å². The Kier molecular flexibility index (Phi) is 8.43. The number of fused-ring (bicyclic) bond motifs is 1. The Hall–Kier alpha value is -2.61. The minimum Gasteiger partial charge on any atom is -0.497 e. The Morgan fingerprint density at radius 2 is 1.91 bits per heavy atom. The first kappa shape index (κ1) is 24.5. The van der Waals surface area contributed by atoms with Crippen LogP contribution >= 0.6 is 11.6 Å². The van der Waals surface area contributed by atoms with E-state index in [1.807, 2.05) is 12.1 Å². The van der Waals surface area contributed by atoms with Gasteiger partial charge in [-0.1, -0.05) is 17.7 Å². The van der Waals surface area contributed by atoms with E-state index in [4.69, 9.17) is 25.8 Å². The Morgan fingerprint density at radius 1 is 1.12 bits per heavy atom. The van der Waals surface area contributed by atoms with Crippen molar-refractivity contribution >= 4 is 17.5 Å². The van der Waals surface area contributed by atoms with Crippen molar-refractivity contribution in [3.8, 4) is 11.5 Å². The molecule has 0 unspecified atom stereocenters. The number of hydrogen-bond acceptors (Lipinski definition) is 6. The first-order valence-corrected chi connectivity index (χ1v) is 12.2. The van der Waals surface area contributed by atoms with Crippen LogP contribution in [0, 0.1) is 0 Å². The summed E-state index contributed by atoms with van der Waals surface area (Å²) in [6.07, 6.45) is 5.70. The standard InChI is InChI=1S/C26H32ClN3O4/c1-32-17-20-18-34-24-9-8-21(33-2)16-22(24)26(31)30(20)13-4-3-12-29-14-10-19(11-15-29)23-6-5-7-25(27)28-23/h5-9,16,18-19H,3-4,10-15,17H2,1-2H3. The third-order valence-electron chi connectivity index (χ3n) is 6.47. The number of ether oxygens (including phenoxy) is 3. The van der Waals surface area contributed by atoms with E-state index in [1.54, 1.807) is 43.6 Å². The second-order valence-corrected chi connectivity index (χ2v) is 9.07. The summed E-state index contributed by atoms with van der Waals surface area (Å²) in [7, 11) is 3.21. The van der Waals surface area contributed by atoms with E-state index in [1.165, 1.54) is 0 Å². The molecule has 1 saturated heterocycles. The molecule has 0 atom stereocenters. The van der Waals surface area contributed by atoms with Crippen LogP contribution in [0.1, 0.15) is 47.7 Å². The maximum atomic E-state index is 13.3. The van der Waals surface area contributed by atoms with E-state index in [2.05, 4.69) is 16.0 Å². The lowest BCUT2D eigenvalue weighted by atomic mass is 9.93. The molecule has 34 heavy (non-hydrogen) atoms. The van der Waals surface area contributed by atoms with Crippen LogP contribution < -0.4 is 9.47 Å². The molecular formula is C26H32ClN3O4. The number of piperidine rings is 1. The summed E-state index contributed by atoms with van der Waals surface area (Å²) in [5.74, 6) is 1.54. The van der Waals surface area contributed by atoms with Gasteiger partial charge in [-0.2, -0.15) is 0 Å². The number of likely N-dealkylation sites (tertiary alicyclic amines) is 1. The predicted octanol–water partition coefficient (Wildman–Crippen LogP) is 4.73. The zero-order valence-electron chi connectivity index (χ0n) is 19.8. The Balaban J connectivity index is 1.30. The van der Waals surface area contributed by atoms with Crippen LogP contribution in [0.25, 0.3) is 0 Å². The number of carbonyl (C=O) groups is 1. The minimum atomic E-state index is -0.0930. The zero-order valence-corrected chi connectivity index (χ0v) is 20.6. The number of benzene rings is 1. The molecule has 1 fully saturated rings. The smallest absolute Gasteiger partial charge is 0.262 e. The van der Waals surface area contributed by atoms with Gasteiger partial charge in [0.1, 0.15) is 22.9 Å². The monoisotopic (exact) mass is 485 g/mol. The van der Waals surface area contributed by atoms with Crippen molar-refractivity contribution in [2.24, 2.45) is 0 Å². The molecule has 1 aromatic heterocycles. The van der Waals surface area contributed by atoms with Gasteiger partial charge in [0.15, 0.2) is 0 Å². The molecule has 2 aromatic rings. The van der Waals surface area contributed by atoms with Gasteiger partial charge in [-0.05, 0) is 75.6 Å². The molecule has 2 aliphatic heterocycles. The van der Waals surface area contributed by atoms with Crippen LogP contribution in [-0.2, 0) is 4.74 Å². The number of carbonyl (C=O) groups excluding carboxylic acids is 1. The third kappa shape index (κ3) is 5.90. The molecular weight excluding hydrogens is 454 g/mol. The number of nitrogens with zero attached hydrogens (tertiary/aromatic N) is 3. The summed E-state index contributed by atoms with van der Waals surface area (Å²) in [6.45, 7) is 4.04. The lowest BCUT2D eigenvalue weighted by Crippen LogP contribution is -2.35. The Labute approximate surface area is 206 Å². The van der Waals surface area contributed by atoms with Crippen molar-refractivity contribution in [3.63, 3.8) is 0 Å². The first-order chi connectivity index (χ1) is 16.6. The molecule has 3 heterocycles. The molecule has 0 N–H and O–H groups in total. The Bertz CT molecular complexity index is 1020. The third-order valence-corrected chi connectivity index (χ3v) is 6.68. The molecule has 1 amide bonds. The summed E-state index contributed by atoms with van der Waals surface area (Å²) < 4.78 is 16.4. The highest BCUT2D eigenvalue weighted by Gasteiger charge is 2.27. The van der Waals surface area contributed by atoms with Crippen molar-refractivity contribution < 1.29 is 19.0 Å². The van der Waals surface area contributed by atoms with Gasteiger partial charge in [0, 0.05) is 25.3 Å². The molecule has 0 spiro atoms. The molecule has 7 nitrogen and oxygen atoms in total. The zero-order chi connectivity index (χ0) is 23.9. The van der Waals surface area contributed by atoms with E-state index < -0.39 is 0 Å². The molecule has 4 rings (SSSR count). The maximum absolute atomic E-state index is 13.3. The molecule has 2 aliphatic rings. The van der Waals surface area contributed by atoms with Crippen molar-refractivity contribution in [3.05, 3.63) is 64.8 Å². The molecule has 1 aromatic carbocycles. The highest BCUT2D eigenvalue weighted by Crippen LogP contribution is 2.30. The fourth-order valence-corrected chi connectivity index (χ4v) is 4.76. The van der Waals surface area contributed by atoms with E-state index in [0.29, 0.717) is 41.3 Å². The highest BCUT2D eigenvalue weighted by molar-refractivity contribution is 6.29. The van der Waals surface area contributed by atoms with E-state index in [0.717, 1.165) is 56.7 Å². The lowest BCUT2D eigenvalue weighted by molar-refractivity contribution is 0.0770. The van der Waals surface area contributed by atoms with Crippen molar-refractivity contribution in [1.29, 1.82) is 0 Å². The number of amides is 1. The quantitative estimate of drug-likeness (QED) is 0.378. The first-order valence-electron chi connectivity index (χ1n) is 11.8. The summed E-state index contributed by atoms with van der Waals surface area (Å²) in [6, 6.07) is 11.2.